The third-order valence-electron chi connectivity index (χ3n) is 4.26. The van der Waals surface area contributed by atoms with E-state index in [2.05, 4.69) is 10.6 Å². The van der Waals surface area contributed by atoms with E-state index in [1.165, 1.54) is 4.31 Å². The number of nitrogens with one attached hydrogen (secondary N) is 2. The molecule has 1 aliphatic rings. The monoisotopic (exact) mass is 400 g/mol. The van der Waals surface area contributed by atoms with Crippen molar-refractivity contribution in [1.82, 2.24) is 9.62 Å². The number of anilines is 1. The minimum Gasteiger partial charge on any atom is -0.379 e. The van der Waals surface area contributed by atoms with Crippen molar-refractivity contribution in [1.29, 1.82) is 5.26 Å². The lowest BCUT2D eigenvalue weighted by Gasteiger charge is -2.26. The SMILES string of the molecule is N#Cc1ccc(NC(=O)NCc2ccc(S(=O)(=O)N3CCOCC3)cc2)cc1. The van der Waals surface area contributed by atoms with Crippen molar-refractivity contribution in [3.05, 3.63) is 59.7 Å². The first kappa shape index (κ1) is 19.8. The van der Waals surface area contributed by atoms with Crippen LogP contribution in [0.15, 0.2) is 53.4 Å². The molecule has 1 heterocycles. The van der Waals surface area contributed by atoms with E-state index in [1.54, 1.807) is 48.5 Å². The highest BCUT2D eigenvalue weighted by Crippen LogP contribution is 2.17. The molecule has 0 unspecified atom stereocenters. The maximum absolute atomic E-state index is 12.6. The molecule has 2 aromatic carbocycles. The molecule has 28 heavy (non-hydrogen) atoms. The number of benzene rings is 2. The zero-order valence-electron chi connectivity index (χ0n) is 15.1. The number of morpholine rings is 1. The quantitative estimate of drug-likeness (QED) is 0.796. The van der Waals surface area contributed by atoms with Crippen LogP contribution in [0.1, 0.15) is 11.1 Å². The van der Waals surface area contributed by atoms with Gasteiger partial charge in [-0.2, -0.15) is 9.57 Å². The summed E-state index contributed by atoms with van der Waals surface area (Å²) in [5.41, 5.74) is 1.86. The zero-order chi connectivity index (χ0) is 20.0. The van der Waals surface area contributed by atoms with Gasteiger partial charge in [-0.3, -0.25) is 0 Å². The fourth-order valence-electron chi connectivity index (χ4n) is 2.70. The Labute approximate surface area is 163 Å². The van der Waals surface area contributed by atoms with Gasteiger partial charge in [0.05, 0.1) is 29.7 Å². The lowest BCUT2D eigenvalue weighted by molar-refractivity contribution is 0.0730. The van der Waals surface area contributed by atoms with Crippen LogP contribution in [-0.4, -0.2) is 45.1 Å². The van der Waals surface area contributed by atoms with Crippen LogP contribution < -0.4 is 10.6 Å². The molecule has 0 radical (unpaired) electrons. The normalized spacial score (nSPS) is 14.8. The lowest BCUT2D eigenvalue weighted by atomic mass is 10.2. The van der Waals surface area contributed by atoms with E-state index < -0.39 is 16.1 Å². The average molecular weight is 400 g/mol. The first-order valence-corrected chi connectivity index (χ1v) is 10.1. The number of hydrogen-bond acceptors (Lipinski definition) is 5. The van der Waals surface area contributed by atoms with E-state index in [9.17, 15) is 13.2 Å². The molecule has 2 N–H and O–H groups in total. The van der Waals surface area contributed by atoms with Gasteiger partial charge in [0, 0.05) is 25.3 Å². The Bertz CT molecular complexity index is 960. The number of amides is 2. The summed E-state index contributed by atoms with van der Waals surface area (Å²) in [7, 11) is -3.53. The molecule has 2 amide bonds. The van der Waals surface area contributed by atoms with Crippen LogP contribution in [-0.2, 0) is 21.3 Å². The van der Waals surface area contributed by atoms with Crippen LogP contribution in [0.2, 0.25) is 0 Å². The van der Waals surface area contributed by atoms with Gasteiger partial charge in [-0.1, -0.05) is 12.1 Å². The number of carbonyl (C=O) groups excluding carboxylic acids is 1. The minimum absolute atomic E-state index is 0.222. The second kappa shape index (κ2) is 8.84. The van der Waals surface area contributed by atoms with Crippen molar-refractivity contribution in [2.75, 3.05) is 31.6 Å². The fourth-order valence-corrected chi connectivity index (χ4v) is 4.11. The maximum atomic E-state index is 12.6. The largest absolute Gasteiger partial charge is 0.379 e. The summed E-state index contributed by atoms with van der Waals surface area (Å²) >= 11 is 0. The third kappa shape index (κ3) is 4.86. The highest BCUT2D eigenvalue weighted by atomic mass is 32.2. The van der Waals surface area contributed by atoms with E-state index in [0.717, 1.165) is 5.56 Å². The van der Waals surface area contributed by atoms with Crippen LogP contribution in [0.25, 0.3) is 0 Å². The van der Waals surface area contributed by atoms with Gasteiger partial charge in [0.25, 0.3) is 0 Å². The molecule has 1 fully saturated rings. The molecule has 2 aromatic rings. The van der Waals surface area contributed by atoms with Gasteiger partial charge in [0.2, 0.25) is 10.0 Å². The smallest absolute Gasteiger partial charge is 0.319 e. The molecule has 0 saturated carbocycles. The molecular formula is C19H20N4O4S. The number of nitriles is 1. The number of hydrogen-bond donors (Lipinski definition) is 2. The van der Waals surface area contributed by atoms with Gasteiger partial charge in [-0.25, -0.2) is 13.2 Å². The van der Waals surface area contributed by atoms with E-state index >= 15 is 0 Å². The van der Waals surface area contributed by atoms with Gasteiger partial charge < -0.3 is 15.4 Å². The first-order valence-electron chi connectivity index (χ1n) is 8.71. The summed E-state index contributed by atoms with van der Waals surface area (Å²) in [5.74, 6) is 0. The number of nitrogens with zero attached hydrogens (tertiary/aromatic N) is 2. The fraction of sp³-hybridized carbons (Fsp3) is 0.263. The summed E-state index contributed by atoms with van der Waals surface area (Å²) in [6.45, 7) is 1.74. The standard InChI is InChI=1S/C19H20N4O4S/c20-13-15-1-5-17(6-2-15)22-19(24)21-14-16-3-7-18(8-4-16)28(25,26)23-9-11-27-12-10-23/h1-8H,9-12,14H2,(H2,21,22,24). The Balaban J connectivity index is 1.55. The van der Waals surface area contributed by atoms with Crippen LogP contribution in [0.3, 0.4) is 0 Å². The molecule has 1 aliphatic heterocycles. The predicted octanol–water partition coefficient (Wildman–Crippen LogP) is 1.90. The number of ether oxygens (including phenoxy) is 1. The van der Waals surface area contributed by atoms with E-state index in [1.807, 2.05) is 6.07 Å². The van der Waals surface area contributed by atoms with Crippen molar-refractivity contribution >= 4 is 21.7 Å². The molecule has 0 spiro atoms. The molecular weight excluding hydrogens is 380 g/mol. The topological polar surface area (TPSA) is 112 Å². The summed E-state index contributed by atoms with van der Waals surface area (Å²) in [6.07, 6.45) is 0. The van der Waals surface area contributed by atoms with Gasteiger partial charge in [-0.15, -0.1) is 0 Å². The van der Waals surface area contributed by atoms with E-state index in [-0.39, 0.29) is 11.4 Å². The minimum atomic E-state index is -3.53. The Morgan fingerprint density at radius 3 is 2.32 bits per heavy atom. The molecule has 3 rings (SSSR count). The summed E-state index contributed by atoms with van der Waals surface area (Å²) in [5, 5.41) is 14.1. The third-order valence-corrected chi connectivity index (χ3v) is 6.17. The summed E-state index contributed by atoms with van der Waals surface area (Å²) in [6, 6.07) is 14.6. The van der Waals surface area contributed by atoms with Crippen molar-refractivity contribution in [3.8, 4) is 6.07 Å². The van der Waals surface area contributed by atoms with Crippen LogP contribution in [0.5, 0.6) is 0 Å². The highest BCUT2D eigenvalue weighted by Gasteiger charge is 2.26. The maximum Gasteiger partial charge on any atom is 0.319 e. The van der Waals surface area contributed by atoms with Crippen LogP contribution >= 0.6 is 0 Å². The summed E-state index contributed by atoms with van der Waals surface area (Å²) < 4.78 is 31.8. The molecule has 8 nitrogen and oxygen atoms in total. The van der Waals surface area contributed by atoms with E-state index in [0.29, 0.717) is 37.6 Å². The van der Waals surface area contributed by atoms with Gasteiger partial charge in [0.1, 0.15) is 0 Å². The van der Waals surface area contributed by atoms with Crippen LogP contribution in [0.4, 0.5) is 10.5 Å². The second-order valence-electron chi connectivity index (χ2n) is 6.16. The van der Waals surface area contributed by atoms with Crippen molar-refractivity contribution in [2.24, 2.45) is 0 Å². The summed E-state index contributed by atoms with van der Waals surface area (Å²) in [4.78, 5) is 12.2. The Hall–Kier alpha value is -2.93. The molecule has 146 valence electrons. The molecule has 0 atom stereocenters. The van der Waals surface area contributed by atoms with Gasteiger partial charge >= 0.3 is 6.03 Å². The Kier molecular flexibility index (Phi) is 6.26. The molecule has 9 heteroatoms. The Morgan fingerprint density at radius 1 is 1.07 bits per heavy atom. The molecule has 0 aliphatic carbocycles. The number of sulfonamides is 1. The highest BCUT2D eigenvalue weighted by molar-refractivity contribution is 7.89. The lowest BCUT2D eigenvalue weighted by Crippen LogP contribution is -2.40. The molecule has 0 bridgehead atoms. The first-order chi connectivity index (χ1) is 13.5. The number of carbonyl (C=O) groups is 1. The number of urea groups is 1. The second-order valence-corrected chi connectivity index (χ2v) is 8.10. The average Bonchev–Trinajstić information content (AvgIpc) is 2.74. The van der Waals surface area contributed by atoms with Gasteiger partial charge in [-0.05, 0) is 42.0 Å². The van der Waals surface area contributed by atoms with Crippen molar-refractivity contribution in [3.63, 3.8) is 0 Å². The zero-order valence-corrected chi connectivity index (χ0v) is 15.9. The molecule has 1 saturated heterocycles. The van der Waals surface area contributed by atoms with Crippen LogP contribution in [0, 0.1) is 11.3 Å². The van der Waals surface area contributed by atoms with Crippen molar-refractivity contribution < 1.29 is 17.9 Å². The van der Waals surface area contributed by atoms with E-state index in [4.69, 9.17) is 10.00 Å². The van der Waals surface area contributed by atoms with Crippen molar-refractivity contribution in [2.45, 2.75) is 11.4 Å². The van der Waals surface area contributed by atoms with Gasteiger partial charge in [0.15, 0.2) is 0 Å². The molecule has 0 aromatic heterocycles. The Morgan fingerprint density at radius 2 is 1.71 bits per heavy atom. The predicted molar refractivity (Wildman–Crippen MR) is 103 cm³/mol. The number of rotatable bonds is 5.